The molecular weight excluding hydrogens is 310 g/mol. The van der Waals surface area contributed by atoms with Gasteiger partial charge in [-0.2, -0.15) is 0 Å². The van der Waals surface area contributed by atoms with Crippen LogP contribution >= 0.6 is 0 Å². The fourth-order valence-corrected chi connectivity index (χ4v) is 3.63. The number of carbonyl (C=O) groups is 2. The summed E-state index contributed by atoms with van der Waals surface area (Å²) in [4.78, 5) is 22.8. The van der Waals surface area contributed by atoms with Gasteiger partial charge in [-0.3, -0.25) is 0 Å². The first-order valence-electron chi connectivity index (χ1n) is 8.47. The smallest absolute Gasteiger partial charge is 0.339 e. The normalized spacial score (nSPS) is 34.4. The summed E-state index contributed by atoms with van der Waals surface area (Å²) in [5.41, 5.74) is 1.19. The molecule has 3 heterocycles. The second-order valence-electron chi connectivity index (χ2n) is 6.79. The molecule has 0 radical (unpaired) electrons. The van der Waals surface area contributed by atoms with Crippen molar-refractivity contribution in [1.82, 2.24) is 0 Å². The molecule has 0 saturated carbocycles. The molecule has 24 heavy (non-hydrogen) atoms. The van der Waals surface area contributed by atoms with Crippen LogP contribution in [0.1, 0.15) is 39.5 Å². The van der Waals surface area contributed by atoms with Crippen LogP contribution in [0.5, 0.6) is 0 Å². The molecule has 3 atom stereocenters. The van der Waals surface area contributed by atoms with Crippen LogP contribution in [-0.4, -0.2) is 41.8 Å². The third-order valence-corrected chi connectivity index (χ3v) is 4.98. The lowest BCUT2D eigenvalue weighted by molar-refractivity contribution is -0.895. The Morgan fingerprint density at radius 1 is 1.29 bits per heavy atom. The van der Waals surface area contributed by atoms with Gasteiger partial charge in [0.15, 0.2) is 6.10 Å². The van der Waals surface area contributed by atoms with Crippen molar-refractivity contribution in [3.05, 3.63) is 40.3 Å². The number of likely N-dealkylation sites (tertiary alicyclic amines) is 1. The number of rotatable bonds is 5. The van der Waals surface area contributed by atoms with Gasteiger partial charge in [-0.1, -0.05) is 0 Å². The van der Waals surface area contributed by atoms with Crippen molar-refractivity contribution >= 4 is 11.9 Å². The Hall–Kier alpha value is -1.92. The molecular formula is C18H23NO5. The number of cyclic esters (lactones) is 2. The van der Waals surface area contributed by atoms with Crippen molar-refractivity contribution < 1.29 is 23.7 Å². The summed E-state index contributed by atoms with van der Waals surface area (Å²) in [5.74, 6) is -0.0528. The van der Waals surface area contributed by atoms with Crippen LogP contribution in [0.2, 0.25) is 0 Å². The Morgan fingerprint density at radius 2 is 2.08 bits per heavy atom. The molecule has 3 rings (SSSR count). The van der Waals surface area contributed by atoms with E-state index >= 15 is 0 Å². The third-order valence-electron chi connectivity index (χ3n) is 4.98. The minimum atomic E-state index is -0.391. The number of carbonyl (C=O) groups excluding carboxylic acids is 2. The second kappa shape index (κ2) is 6.53. The first-order chi connectivity index (χ1) is 11.4. The summed E-state index contributed by atoms with van der Waals surface area (Å²) in [5, 5.41) is 13.1. The Balaban J connectivity index is 1.55. The first kappa shape index (κ1) is 16.9. The number of nitrogens with zero attached hydrogens (tertiary/aromatic N) is 1. The van der Waals surface area contributed by atoms with Crippen LogP contribution < -0.4 is 0 Å². The van der Waals surface area contributed by atoms with E-state index in [9.17, 15) is 14.8 Å². The third kappa shape index (κ3) is 3.30. The van der Waals surface area contributed by atoms with E-state index in [-0.39, 0.29) is 22.6 Å². The van der Waals surface area contributed by atoms with Gasteiger partial charge in [0.05, 0.1) is 13.1 Å². The minimum Gasteiger partial charge on any atom is -0.632 e. The summed E-state index contributed by atoms with van der Waals surface area (Å²) in [6.45, 7) is 4.48. The molecule has 0 spiro atoms. The van der Waals surface area contributed by atoms with Gasteiger partial charge in [0.1, 0.15) is 11.8 Å². The van der Waals surface area contributed by atoms with Crippen LogP contribution in [0.4, 0.5) is 0 Å². The molecule has 6 nitrogen and oxygen atoms in total. The molecule has 0 amide bonds. The van der Waals surface area contributed by atoms with Crippen LogP contribution in [0, 0.1) is 5.21 Å². The van der Waals surface area contributed by atoms with E-state index in [4.69, 9.17) is 9.47 Å². The zero-order chi connectivity index (χ0) is 17.3. The number of quaternary nitrogens is 1. The highest BCUT2D eigenvalue weighted by molar-refractivity contribution is 5.92. The zero-order valence-electron chi connectivity index (χ0n) is 14.1. The quantitative estimate of drug-likeness (QED) is 0.334. The molecule has 1 fully saturated rings. The number of hydrogen-bond donors (Lipinski definition) is 0. The fraction of sp³-hybridized carbons (Fsp3) is 0.556. The predicted molar refractivity (Wildman–Crippen MR) is 87.2 cm³/mol. The lowest BCUT2D eigenvalue weighted by Crippen LogP contribution is -2.52. The van der Waals surface area contributed by atoms with Crippen LogP contribution in [0.3, 0.4) is 0 Å². The molecule has 0 N–H and O–H groups in total. The molecule has 3 aliphatic rings. The standard InChI is InChI=1S/C18H23NO5/c1-12-10-14(23-17(12)20)6-3-4-8-19(22)9-5-7-15(19)16-11-13(2)18(21)24-16/h6,10-11,15-16H,3-5,7-9H2,1-2H3/b14-6+/t15-,16+,19?/m0/s1. The maximum Gasteiger partial charge on any atom is 0.339 e. The number of allylic oxidation sites excluding steroid dienone is 2. The van der Waals surface area contributed by atoms with E-state index in [0.29, 0.717) is 42.8 Å². The predicted octanol–water partition coefficient (Wildman–Crippen LogP) is 2.50. The van der Waals surface area contributed by atoms with Crippen LogP contribution in [0.15, 0.2) is 35.1 Å². The lowest BCUT2D eigenvalue weighted by Gasteiger charge is -2.45. The van der Waals surface area contributed by atoms with E-state index in [1.54, 1.807) is 26.0 Å². The number of unbranched alkanes of at least 4 members (excludes halogenated alkanes) is 1. The second-order valence-corrected chi connectivity index (χ2v) is 6.79. The van der Waals surface area contributed by atoms with Gasteiger partial charge < -0.3 is 19.3 Å². The molecule has 130 valence electrons. The van der Waals surface area contributed by atoms with Gasteiger partial charge in [-0.15, -0.1) is 0 Å². The van der Waals surface area contributed by atoms with Gasteiger partial charge in [0, 0.05) is 30.4 Å². The Morgan fingerprint density at radius 3 is 2.71 bits per heavy atom. The summed E-state index contributed by atoms with van der Waals surface area (Å²) >= 11 is 0. The van der Waals surface area contributed by atoms with E-state index < -0.39 is 6.10 Å². The maximum atomic E-state index is 13.1. The Bertz CT molecular complexity index is 648. The van der Waals surface area contributed by atoms with E-state index in [1.807, 2.05) is 6.08 Å². The van der Waals surface area contributed by atoms with E-state index in [0.717, 1.165) is 12.8 Å². The van der Waals surface area contributed by atoms with Crippen molar-refractivity contribution in [1.29, 1.82) is 0 Å². The van der Waals surface area contributed by atoms with Gasteiger partial charge in [-0.05, 0) is 38.5 Å². The molecule has 0 aromatic carbocycles. The van der Waals surface area contributed by atoms with Gasteiger partial charge >= 0.3 is 11.9 Å². The minimum absolute atomic E-state index is 0.203. The number of hydrogen-bond acceptors (Lipinski definition) is 5. The molecule has 6 heteroatoms. The molecule has 0 aromatic heterocycles. The van der Waals surface area contributed by atoms with Crippen molar-refractivity contribution in [2.45, 2.75) is 51.7 Å². The van der Waals surface area contributed by atoms with Gasteiger partial charge in [0.25, 0.3) is 0 Å². The first-order valence-corrected chi connectivity index (χ1v) is 8.47. The SMILES string of the molecule is CC1=C/C(=C\CCC[N+]2([O-])CCC[C@H]2[C@H]2C=C(C)C(=O)O2)OC1=O. The summed E-state index contributed by atoms with van der Waals surface area (Å²) in [6.07, 6.45) is 7.99. The van der Waals surface area contributed by atoms with E-state index in [1.165, 1.54) is 0 Å². The number of esters is 2. The highest BCUT2D eigenvalue weighted by Gasteiger charge is 2.43. The largest absolute Gasteiger partial charge is 0.632 e. The monoisotopic (exact) mass is 333 g/mol. The summed E-state index contributed by atoms with van der Waals surface area (Å²) in [6, 6.07) is -0.203. The van der Waals surface area contributed by atoms with Gasteiger partial charge in [0.2, 0.25) is 0 Å². The highest BCUT2D eigenvalue weighted by atomic mass is 16.6. The van der Waals surface area contributed by atoms with Gasteiger partial charge in [-0.25, -0.2) is 9.59 Å². The van der Waals surface area contributed by atoms with Crippen molar-refractivity contribution in [2.75, 3.05) is 13.1 Å². The maximum absolute atomic E-state index is 13.1. The molecule has 0 aliphatic carbocycles. The molecule has 1 unspecified atom stereocenters. The van der Waals surface area contributed by atoms with Crippen molar-refractivity contribution in [2.24, 2.45) is 0 Å². The molecule has 1 saturated heterocycles. The van der Waals surface area contributed by atoms with Crippen molar-refractivity contribution in [3.63, 3.8) is 0 Å². The summed E-state index contributed by atoms with van der Waals surface area (Å²) in [7, 11) is 0. The fourth-order valence-electron chi connectivity index (χ4n) is 3.63. The van der Waals surface area contributed by atoms with Crippen molar-refractivity contribution in [3.8, 4) is 0 Å². The average molecular weight is 333 g/mol. The molecule has 0 bridgehead atoms. The van der Waals surface area contributed by atoms with Crippen LogP contribution in [0.25, 0.3) is 0 Å². The van der Waals surface area contributed by atoms with Crippen LogP contribution in [-0.2, 0) is 19.1 Å². The van der Waals surface area contributed by atoms with E-state index in [2.05, 4.69) is 0 Å². The molecule has 3 aliphatic heterocycles. The Labute approximate surface area is 141 Å². The summed E-state index contributed by atoms with van der Waals surface area (Å²) < 4.78 is 10.1. The lowest BCUT2D eigenvalue weighted by atomic mass is 10.1. The highest BCUT2D eigenvalue weighted by Crippen LogP contribution is 2.33. The molecule has 0 aromatic rings. The number of hydroxylamine groups is 3. The Kier molecular flexibility index (Phi) is 4.60. The number of ether oxygens (including phenoxy) is 2. The average Bonchev–Trinajstić information content (AvgIpc) is 3.16. The topological polar surface area (TPSA) is 75.7 Å². The zero-order valence-corrected chi connectivity index (χ0v) is 14.1.